The van der Waals surface area contributed by atoms with Gasteiger partial charge in [0.15, 0.2) is 5.11 Å². The number of carbonyl (C=O) groups excluding carboxylic acids is 1. The molecule has 1 aliphatic rings. The third-order valence-corrected chi connectivity index (χ3v) is 5.01. The molecule has 0 spiro atoms. The summed E-state index contributed by atoms with van der Waals surface area (Å²) in [7, 11) is 1.40. The first-order valence-electron chi connectivity index (χ1n) is 8.74. The molecule has 3 rings (SSSR count). The van der Waals surface area contributed by atoms with Gasteiger partial charge in [0.1, 0.15) is 0 Å². The molecule has 26 heavy (non-hydrogen) atoms. The molecule has 3 heterocycles. The molecule has 2 atom stereocenters. The van der Waals surface area contributed by atoms with E-state index in [0.29, 0.717) is 17.7 Å². The minimum atomic E-state index is -0.243. The van der Waals surface area contributed by atoms with Crippen LogP contribution in [0.15, 0.2) is 42.7 Å². The number of aromatic nitrogens is 2. The monoisotopic (exact) mass is 372 g/mol. The van der Waals surface area contributed by atoms with Crippen molar-refractivity contribution in [2.75, 3.05) is 13.7 Å². The summed E-state index contributed by atoms with van der Waals surface area (Å²) in [6.45, 7) is 4.80. The van der Waals surface area contributed by atoms with Crippen LogP contribution in [-0.2, 0) is 9.53 Å². The molecule has 0 bridgehead atoms. The van der Waals surface area contributed by atoms with Crippen LogP contribution >= 0.6 is 12.2 Å². The van der Waals surface area contributed by atoms with Crippen LogP contribution in [0.4, 0.5) is 0 Å². The van der Waals surface area contributed by atoms with Crippen molar-refractivity contribution in [1.82, 2.24) is 19.8 Å². The highest BCUT2D eigenvalue weighted by Gasteiger charge is 2.41. The summed E-state index contributed by atoms with van der Waals surface area (Å²) in [6, 6.07) is 10.2. The van der Waals surface area contributed by atoms with Crippen LogP contribution in [-0.4, -0.2) is 39.2 Å². The van der Waals surface area contributed by atoms with Crippen molar-refractivity contribution in [1.29, 1.82) is 0 Å². The fraction of sp³-hybridized carbons (Fsp3) is 0.421. The molecule has 1 fully saturated rings. The Morgan fingerprint density at radius 1 is 1.35 bits per heavy atom. The Morgan fingerprint density at radius 3 is 2.81 bits per heavy atom. The summed E-state index contributed by atoms with van der Waals surface area (Å²) in [4.78, 5) is 18.3. The van der Waals surface area contributed by atoms with E-state index in [1.165, 1.54) is 7.11 Å². The number of nitrogens with zero attached hydrogens (tertiary/aromatic N) is 3. The Labute approximate surface area is 159 Å². The number of thiocarbonyl (C=S) groups is 1. The molecule has 6 nitrogen and oxygen atoms in total. The smallest absolute Gasteiger partial charge is 0.307 e. The molecule has 1 N–H and O–H groups in total. The molecule has 138 valence electrons. The average molecular weight is 372 g/mol. The fourth-order valence-electron chi connectivity index (χ4n) is 3.41. The predicted octanol–water partition coefficient (Wildman–Crippen LogP) is 3.00. The normalized spacial score (nSPS) is 19.7. The summed E-state index contributed by atoms with van der Waals surface area (Å²) in [5, 5.41) is 4.03. The molecular formula is C19H24N4O2S. The largest absolute Gasteiger partial charge is 0.469 e. The number of nitrogens with one attached hydrogen (secondary N) is 1. The highest BCUT2D eigenvalue weighted by Crippen LogP contribution is 2.39. The first-order valence-corrected chi connectivity index (χ1v) is 9.15. The van der Waals surface area contributed by atoms with E-state index >= 15 is 0 Å². The van der Waals surface area contributed by atoms with E-state index in [0.717, 1.165) is 11.4 Å². The van der Waals surface area contributed by atoms with Crippen molar-refractivity contribution in [2.45, 2.75) is 38.4 Å². The van der Waals surface area contributed by atoms with E-state index < -0.39 is 0 Å². The van der Waals surface area contributed by atoms with Crippen molar-refractivity contribution >= 4 is 23.3 Å². The zero-order chi connectivity index (χ0) is 18.7. The first-order chi connectivity index (χ1) is 12.5. The second-order valence-electron chi connectivity index (χ2n) is 6.58. The standard InChI is InChI=1S/C19H24N4O2S/c1-13(2)22-11-6-8-15(22)18-17(14-7-4-5-10-20-14)21-19(26)23(18)12-9-16(24)25-3/h4-8,10-11,13,17-18H,9,12H2,1-3H3,(H,21,26)/t17-,18-/m0/s1. The lowest BCUT2D eigenvalue weighted by atomic mass is 10.0. The van der Waals surface area contributed by atoms with Gasteiger partial charge in [-0.1, -0.05) is 6.07 Å². The first kappa shape index (κ1) is 18.4. The van der Waals surface area contributed by atoms with Gasteiger partial charge in [-0.15, -0.1) is 0 Å². The highest BCUT2D eigenvalue weighted by molar-refractivity contribution is 7.80. The average Bonchev–Trinajstić information content (AvgIpc) is 3.24. The summed E-state index contributed by atoms with van der Waals surface area (Å²) >= 11 is 5.59. The summed E-state index contributed by atoms with van der Waals surface area (Å²) in [6.07, 6.45) is 4.15. The number of ether oxygens (including phenoxy) is 1. The fourth-order valence-corrected chi connectivity index (χ4v) is 3.74. The Hall–Kier alpha value is -2.41. The summed E-state index contributed by atoms with van der Waals surface area (Å²) in [5.74, 6) is -0.243. The van der Waals surface area contributed by atoms with E-state index in [2.05, 4.69) is 45.9 Å². The SMILES string of the molecule is COC(=O)CCN1C(=S)N[C@@H](c2ccccn2)[C@@H]1c1cccn1C(C)C. The Bertz CT molecular complexity index is 775. The Morgan fingerprint density at radius 2 is 2.15 bits per heavy atom. The number of esters is 1. The molecule has 2 aromatic rings. The van der Waals surface area contributed by atoms with Crippen LogP contribution < -0.4 is 5.32 Å². The molecule has 0 radical (unpaired) electrons. The minimum Gasteiger partial charge on any atom is -0.469 e. The summed E-state index contributed by atoms with van der Waals surface area (Å²) in [5.41, 5.74) is 2.07. The number of hydrogen-bond acceptors (Lipinski definition) is 4. The molecule has 7 heteroatoms. The predicted molar refractivity (Wildman–Crippen MR) is 104 cm³/mol. The van der Waals surface area contributed by atoms with Gasteiger partial charge in [0.2, 0.25) is 0 Å². The van der Waals surface area contributed by atoms with E-state index in [9.17, 15) is 4.79 Å². The number of pyridine rings is 1. The number of methoxy groups -OCH3 is 1. The molecule has 2 aromatic heterocycles. The van der Waals surface area contributed by atoms with Crippen molar-refractivity contribution in [2.24, 2.45) is 0 Å². The van der Waals surface area contributed by atoms with Gasteiger partial charge in [0.05, 0.1) is 31.3 Å². The lowest BCUT2D eigenvalue weighted by molar-refractivity contribution is -0.140. The van der Waals surface area contributed by atoms with Crippen LogP contribution in [0, 0.1) is 0 Å². The van der Waals surface area contributed by atoms with Gasteiger partial charge in [-0.2, -0.15) is 0 Å². The van der Waals surface area contributed by atoms with Gasteiger partial charge in [0, 0.05) is 30.7 Å². The van der Waals surface area contributed by atoms with Gasteiger partial charge in [0.25, 0.3) is 0 Å². The van der Waals surface area contributed by atoms with E-state index in [1.807, 2.05) is 24.3 Å². The summed E-state index contributed by atoms with van der Waals surface area (Å²) < 4.78 is 7.04. The van der Waals surface area contributed by atoms with Crippen molar-refractivity contribution in [3.8, 4) is 0 Å². The molecule has 0 saturated carbocycles. The van der Waals surface area contributed by atoms with E-state index in [-0.39, 0.29) is 24.5 Å². The quantitative estimate of drug-likeness (QED) is 0.621. The second-order valence-corrected chi connectivity index (χ2v) is 6.97. The number of rotatable bonds is 6. The zero-order valence-corrected chi connectivity index (χ0v) is 16.1. The lowest BCUT2D eigenvalue weighted by Gasteiger charge is -2.29. The van der Waals surface area contributed by atoms with Crippen LogP contribution in [0.1, 0.15) is 49.8 Å². The third-order valence-electron chi connectivity index (χ3n) is 4.65. The zero-order valence-electron chi connectivity index (χ0n) is 15.3. The molecule has 0 unspecified atom stereocenters. The third kappa shape index (κ3) is 3.58. The second kappa shape index (κ2) is 7.86. The van der Waals surface area contributed by atoms with Gasteiger partial charge >= 0.3 is 5.97 Å². The van der Waals surface area contributed by atoms with Crippen molar-refractivity contribution < 1.29 is 9.53 Å². The van der Waals surface area contributed by atoms with Gasteiger partial charge in [-0.05, 0) is 50.3 Å². The van der Waals surface area contributed by atoms with Gasteiger partial charge in [-0.3, -0.25) is 9.78 Å². The maximum absolute atomic E-state index is 11.7. The number of hydrogen-bond donors (Lipinski definition) is 1. The van der Waals surface area contributed by atoms with Crippen molar-refractivity contribution in [3.05, 3.63) is 54.1 Å². The maximum Gasteiger partial charge on any atom is 0.307 e. The molecule has 1 aliphatic heterocycles. The van der Waals surface area contributed by atoms with Crippen molar-refractivity contribution in [3.63, 3.8) is 0 Å². The Balaban J connectivity index is 1.99. The van der Waals surface area contributed by atoms with Crippen LogP contribution in [0.25, 0.3) is 0 Å². The highest BCUT2D eigenvalue weighted by atomic mass is 32.1. The molecule has 0 aliphatic carbocycles. The van der Waals surface area contributed by atoms with Gasteiger partial charge in [-0.25, -0.2) is 0 Å². The van der Waals surface area contributed by atoms with Crippen LogP contribution in [0.2, 0.25) is 0 Å². The maximum atomic E-state index is 11.7. The lowest BCUT2D eigenvalue weighted by Crippen LogP contribution is -2.32. The van der Waals surface area contributed by atoms with Gasteiger partial charge < -0.3 is 19.5 Å². The molecule has 1 saturated heterocycles. The van der Waals surface area contributed by atoms with E-state index in [1.54, 1.807) is 6.20 Å². The van der Waals surface area contributed by atoms with Crippen LogP contribution in [0.5, 0.6) is 0 Å². The topological polar surface area (TPSA) is 59.4 Å². The molecular weight excluding hydrogens is 348 g/mol. The minimum absolute atomic E-state index is 0.0422. The Kier molecular flexibility index (Phi) is 5.56. The number of carbonyl (C=O) groups is 1. The van der Waals surface area contributed by atoms with Crippen LogP contribution in [0.3, 0.4) is 0 Å². The molecule has 0 aromatic carbocycles. The molecule has 0 amide bonds. The van der Waals surface area contributed by atoms with E-state index in [4.69, 9.17) is 17.0 Å².